The summed E-state index contributed by atoms with van der Waals surface area (Å²) in [6, 6.07) is 12.9. The molecule has 1 fully saturated rings. The highest BCUT2D eigenvalue weighted by Gasteiger charge is 2.43. The largest absolute Gasteiger partial charge is 0.490 e. The first-order valence-electron chi connectivity index (χ1n) is 20.7. The zero-order valence-electron chi connectivity index (χ0n) is 36.1. The minimum Gasteiger partial charge on any atom is -0.490 e. The van der Waals surface area contributed by atoms with Gasteiger partial charge < -0.3 is 59.2 Å². The van der Waals surface area contributed by atoms with Crippen molar-refractivity contribution in [2.45, 2.75) is 90.6 Å². The molecule has 4 rings (SSSR count). The molecule has 2 aliphatic rings. The van der Waals surface area contributed by atoms with Crippen LogP contribution in [0.5, 0.6) is 5.75 Å². The number of amides is 1. The topological polar surface area (TPSA) is 166 Å². The Balaban J connectivity index is 1.65. The van der Waals surface area contributed by atoms with Gasteiger partial charge in [0.05, 0.1) is 70.1 Å². The second-order valence-corrected chi connectivity index (χ2v) is 16.3. The molecule has 0 aliphatic carbocycles. The van der Waals surface area contributed by atoms with Crippen molar-refractivity contribution in [3.8, 4) is 5.75 Å². The van der Waals surface area contributed by atoms with Gasteiger partial charge in [-0.15, -0.1) is 0 Å². The summed E-state index contributed by atoms with van der Waals surface area (Å²) < 4.78 is 47.4. The lowest BCUT2D eigenvalue weighted by molar-refractivity contribution is -0.165. The predicted octanol–water partition coefficient (Wildman–Crippen LogP) is 4.14. The van der Waals surface area contributed by atoms with Crippen molar-refractivity contribution >= 4 is 17.6 Å². The number of nitrogens with two attached hydrogens (primary N) is 2. The van der Waals surface area contributed by atoms with E-state index in [-0.39, 0.29) is 55.9 Å². The standard InChI is InChI=1S/C44H70N4O10/c1-29(2)41(45)43(49)48-21-38(56-26-33-12-15-37-36(20-33)47(17-19-55-37)16-9-18-51-6)40(34-13-10-32(11-14-34)25-54-24-31(5)23-52-7)39(22-48)57-28-35(27-53-8)58-44(50)42(46)30(3)4/h10-15,20,29-31,35,38-42H,9,16-19,21-28,45-46H2,1-8H3/t31-,35+,38-,39+,40+,41-,42-/m0/s1. The highest BCUT2D eigenvalue weighted by molar-refractivity contribution is 5.82. The molecule has 0 aromatic heterocycles. The van der Waals surface area contributed by atoms with Crippen LogP contribution >= 0.6 is 0 Å². The summed E-state index contributed by atoms with van der Waals surface area (Å²) in [7, 11) is 4.95. The van der Waals surface area contributed by atoms with Gasteiger partial charge in [0, 0.05) is 59.4 Å². The Labute approximate surface area is 346 Å². The molecule has 0 unspecified atom stereocenters. The summed E-state index contributed by atoms with van der Waals surface area (Å²) in [5, 5.41) is 0. The molecule has 1 amide bonds. The van der Waals surface area contributed by atoms with E-state index in [0.29, 0.717) is 39.6 Å². The predicted molar refractivity (Wildman–Crippen MR) is 223 cm³/mol. The summed E-state index contributed by atoms with van der Waals surface area (Å²) in [6.07, 6.45) is -0.862. The Morgan fingerprint density at radius 1 is 0.793 bits per heavy atom. The van der Waals surface area contributed by atoms with Gasteiger partial charge in [0.15, 0.2) is 0 Å². The van der Waals surface area contributed by atoms with Gasteiger partial charge in [-0.1, -0.05) is 65.0 Å². The van der Waals surface area contributed by atoms with Gasteiger partial charge in [-0.3, -0.25) is 9.59 Å². The third-order valence-electron chi connectivity index (χ3n) is 10.7. The van der Waals surface area contributed by atoms with E-state index >= 15 is 0 Å². The first-order chi connectivity index (χ1) is 27.9. The third kappa shape index (κ3) is 13.9. The number of rotatable bonds is 24. The van der Waals surface area contributed by atoms with Crippen molar-refractivity contribution in [3.63, 3.8) is 0 Å². The van der Waals surface area contributed by atoms with Crippen LogP contribution in [0.15, 0.2) is 42.5 Å². The molecule has 2 aromatic rings. The van der Waals surface area contributed by atoms with Crippen LogP contribution in [0.4, 0.5) is 5.69 Å². The zero-order chi connectivity index (χ0) is 42.2. The van der Waals surface area contributed by atoms with Gasteiger partial charge in [0.1, 0.15) is 24.5 Å². The summed E-state index contributed by atoms with van der Waals surface area (Å²) in [5.74, 6) is -0.0642. The fourth-order valence-electron chi connectivity index (χ4n) is 7.23. The van der Waals surface area contributed by atoms with Crippen molar-refractivity contribution in [2.24, 2.45) is 29.2 Å². The van der Waals surface area contributed by atoms with Crippen LogP contribution in [-0.4, -0.2) is 134 Å². The lowest BCUT2D eigenvalue weighted by atomic mass is 9.83. The number of benzene rings is 2. The van der Waals surface area contributed by atoms with E-state index in [1.54, 1.807) is 26.2 Å². The quantitative estimate of drug-likeness (QED) is 0.115. The Morgan fingerprint density at radius 3 is 2.12 bits per heavy atom. The molecule has 4 N–H and O–H groups in total. The molecule has 2 aliphatic heterocycles. The van der Waals surface area contributed by atoms with Crippen LogP contribution in [0.2, 0.25) is 0 Å². The molecule has 2 aromatic carbocycles. The second-order valence-electron chi connectivity index (χ2n) is 16.3. The maximum Gasteiger partial charge on any atom is 0.323 e. The number of ether oxygens (including phenoxy) is 8. The number of piperidine rings is 1. The van der Waals surface area contributed by atoms with Gasteiger partial charge >= 0.3 is 5.97 Å². The van der Waals surface area contributed by atoms with Crippen LogP contribution in [-0.2, 0) is 56.0 Å². The van der Waals surface area contributed by atoms with Gasteiger partial charge in [0.2, 0.25) is 5.91 Å². The number of carbonyl (C=O) groups excluding carboxylic acids is 2. The number of hydrogen-bond donors (Lipinski definition) is 2. The van der Waals surface area contributed by atoms with E-state index < -0.39 is 36.4 Å². The first kappa shape index (κ1) is 47.3. The Bertz CT molecular complexity index is 1530. The van der Waals surface area contributed by atoms with E-state index in [4.69, 9.17) is 49.4 Å². The van der Waals surface area contributed by atoms with Crippen LogP contribution in [0.1, 0.15) is 63.6 Å². The highest BCUT2D eigenvalue weighted by atomic mass is 16.6. The van der Waals surface area contributed by atoms with Crippen LogP contribution < -0.4 is 21.1 Å². The molecule has 0 radical (unpaired) electrons. The van der Waals surface area contributed by atoms with Crippen LogP contribution in [0.3, 0.4) is 0 Å². The molecular weight excluding hydrogens is 745 g/mol. The SMILES string of the molecule is COCCCN1CCOc2ccc(CO[C@H]3CN(C(=O)[C@@H](N)C(C)C)C[C@@H](OC[C@@H](COC)OC(=O)[C@@H](N)C(C)C)[C@@H]3c3ccc(COC[C@@H](C)COC)cc3)cc21. The summed E-state index contributed by atoms with van der Waals surface area (Å²) in [5.41, 5.74) is 16.6. The lowest BCUT2D eigenvalue weighted by Gasteiger charge is -2.45. The maximum absolute atomic E-state index is 13.9. The van der Waals surface area contributed by atoms with E-state index in [0.717, 1.165) is 47.6 Å². The number of esters is 1. The van der Waals surface area contributed by atoms with Crippen molar-refractivity contribution in [2.75, 3.05) is 92.0 Å². The number of carbonyl (C=O) groups is 2. The molecule has 1 saturated heterocycles. The minimum absolute atomic E-state index is 0.0197. The summed E-state index contributed by atoms with van der Waals surface area (Å²) >= 11 is 0. The molecule has 14 nitrogen and oxygen atoms in total. The molecular formula is C44H70N4O10. The number of nitrogens with zero attached hydrogens (tertiary/aromatic N) is 2. The van der Waals surface area contributed by atoms with Gasteiger partial charge in [-0.25, -0.2) is 0 Å². The van der Waals surface area contributed by atoms with Gasteiger partial charge in [-0.05, 0) is 47.1 Å². The van der Waals surface area contributed by atoms with Crippen molar-refractivity contribution in [3.05, 3.63) is 59.2 Å². The number of methoxy groups -OCH3 is 3. The fraction of sp³-hybridized carbons (Fsp3) is 0.682. The molecule has 326 valence electrons. The van der Waals surface area contributed by atoms with E-state index in [9.17, 15) is 9.59 Å². The van der Waals surface area contributed by atoms with E-state index in [1.807, 2.05) is 39.8 Å². The molecule has 0 spiro atoms. The molecule has 0 saturated carbocycles. The molecule has 0 bridgehead atoms. The molecule has 2 heterocycles. The molecule has 14 heteroatoms. The lowest BCUT2D eigenvalue weighted by Crippen LogP contribution is -2.58. The normalized spacial score (nSPS) is 20.4. The number of anilines is 1. The Kier molecular flexibility index (Phi) is 19.6. The highest BCUT2D eigenvalue weighted by Crippen LogP contribution is 2.36. The average Bonchev–Trinajstić information content (AvgIpc) is 3.21. The first-order valence-corrected chi connectivity index (χ1v) is 20.7. The molecule has 58 heavy (non-hydrogen) atoms. The maximum atomic E-state index is 13.9. The van der Waals surface area contributed by atoms with E-state index in [1.165, 1.54) is 0 Å². The van der Waals surface area contributed by atoms with Crippen molar-refractivity contribution < 1.29 is 47.5 Å². The van der Waals surface area contributed by atoms with Gasteiger partial charge in [0.25, 0.3) is 0 Å². The Hall–Kier alpha value is -3.34. The number of likely N-dealkylation sites (tertiary alicyclic amines) is 1. The van der Waals surface area contributed by atoms with Crippen molar-refractivity contribution in [1.82, 2.24) is 4.90 Å². The smallest absolute Gasteiger partial charge is 0.323 e. The van der Waals surface area contributed by atoms with Crippen LogP contribution in [0, 0.1) is 17.8 Å². The zero-order valence-corrected chi connectivity index (χ0v) is 36.1. The fourth-order valence-corrected chi connectivity index (χ4v) is 7.23. The average molecular weight is 815 g/mol. The number of fused-ring (bicyclic) bond motifs is 1. The van der Waals surface area contributed by atoms with Crippen molar-refractivity contribution in [1.29, 1.82) is 0 Å². The minimum atomic E-state index is -0.788. The summed E-state index contributed by atoms with van der Waals surface area (Å²) in [6.45, 7) is 15.3. The van der Waals surface area contributed by atoms with Crippen LogP contribution in [0.25, 0.3) is 0 Å². The molecule has 7 atom stereocenters. The third-order valence-corrected chi connectivity index (χ3v) is 10.7. The van der Waals surface area contributed by atoms with Gasteiger partial charge in [-0.2, -0.15) is 0 Å². The number of hydrogen-bond acceptors (Lipinski definition) is 13. The summed E-state index contributed by atoms with van der Waals surface area (Å²) in [4.78, 5) is 31.0. The van der Waals surface area contributed by atoms with E-state index in [2.05, 4.69) is 42.2 Å². The monoisotopic (exact) mass is 815 g/mol. The second kappa shape index (κ2) is 24.0. The Morgan fingerprint density at radius 2 is 1.47 bits per heavy atom.